The van der Waals surface area contributed by atoms with E-state index >= 15 is 0 Å². The van der Waals surface area contributed by atoms with Gasteiger partial charge in [0, 0.05) is 18.2 Å². The lowest BCUT2D eigenvalue weighted by atomic mass is 10.0. The summed E-state index contributed by atoms with van der Waals surface area (Å²) in [6.07, 6.45) is 3.08. The normalized spacial score (nSPS) is 13.2. The summed E-state index contributed by atoms with van der Waals surface area (Å²) in [6.45, 7) is 12.6. The lowest BCUT2D eigenvalue weighted by molar-refractivity contribution is 0.154. The van der Waals surface area contributed by atoms with Crippen LogP contribution >= 0.6 is 11.3 Å². The van der Waals surface area contributed by atoms with E-state index in [0.717, 1.165) is 49.9 Å². The number of aromatic nitrogens is 3. The average Bonchev–Trinajstić information content (AvgIpc) is 3.20. The summed E-state index contributed by atoms with van der Waals surface area (Å²) in [7, 11) is 1.73. The van der Waals surface area contributed by atoms with Crippen LogP contribution in [0, 0.1) is 25.7 Å². The molecule has 0 N–H and O–H groups in total. The fraction of sp³-hybridized carbons (Fsp3) is 0.524. The number of ether oxygens (including phenoxy) is 1. The number of thiophene rings is 1. The second kappa shape index (κ2) is 7.72. The molecule has 0 aliphatic carbocycles. The van der Waals surface area contributed by atoms with Gasteiger partial charge in [-0.2, -0.15) is 0 Å². The highest BCUT2D eigenvalue weighted by atomic mass is 32.1. The maximum atomic E-state index is 11.2. The molecule has 0 aromatic carbocycles. The van der Waals surface area contributed by atoms with E-state index in [1.165, 1.54) is 0 Å². The Morgan fingerprint density at radius 3 is 2.57 bits per heavy atom. The van der Waals surface area contributed by atoms with Crippen molar-refractivity contribution in [3.05, 3.63) is 38.9 Å². The van der Waals surface area contributed by atoms with E-state index in [4.69, 9.17) is 14.7 Å². The highest BCUT2D eigenvalue weighted by Gasteiger charge is 2.26. The van der Waals surface area contributed by atoms with Gasteiger partial charge in [0.25, 0.3) is 0 Å². The third-order valence-corrected chi connectivity index (χ3v) is 6.75. The number of nitroso groups, excluding NO2 is 1. The van der Waals surface area contributed by atoms with Crippen LogP contribution in [0.1, 0.15) is 54.9 Å². The summed E-state index contributed by atoms with van der Waals surface area (Å²) < 4.78 is 7.57. The van der Waals surface area contributed by atoms with Gasteiger partial charge in [0.05, 0.1) is 23.2 Å². The van der Waals surface area contributed by atoms with Crippen molar-refractivity contribution < 1.29 is 4.74 Å². The molecule has 0 aliphatic heterocycles. The standard InChI is InChI=1S/C21H28N4O2S/c1-8-15(11-27-7)25-10-13(3)17-20(25)22-14(4)18(23-17)19-12(2)9-16(28-19)21(5,6)24-26/h9-10,15H,8,11H2,1-7H3/t15-/m1/s1. The molecule has 0 saturated heterocycles. The number of rotatable bonds is 7. The molecule has 0 radical (unpaired) electrons. The van der Waals surface area contributed by atoms with Gasteiger partial charge >= 0.3 is 0 Å². The van der Waals surface area contributed by atoms with Crippen molar-refractivity contribution >= 4 is 22.5 Å². The van der Waals surface area contributed by atoms with Crippen LogP contribution in [0.25, 0.3) is 21.7 Å². The van der Waals surface area contributed by atoms with Crippen LogP contribution in [-0.4, -0.2) is 28.3 Å². The molecular weight excluding hydrogens is 372 g/mol. The number of nitrogens with zero attached hydrogens (tertiary/aromatic N) is 4. The second-order valence-electron chi connectivity index (χ2n) is 7.84. The SMILES string of the molecule is CC[C@H](COC)n1cc(C)c2nc(-c3sc(C(C)(C)N=O)cc3C)c(C)nc21. The maximum Gasteiger partial charge on any atom is 0.159 e. The van der Waals surface area contributed by atoms with Crippen molar-refractivity contribution in [2.24, 2.45) is 5.18 Å². The van der Waals surface area contributed by atoms with Gasteiger partial charge in [0.2, 0.25) is 0 Å². The molecule has 3 heterocycles. The molecule has 0 saturated carbocycles. The van der Waals surface area contributed by atoms with E-state index < -0.39 is 5.54 Å². The van der Waals surface area contributed by atoms with Crippen molar-refractivity contribution in [2.75, 3.05) is 13.7 Å². The molecule has 6 nitrogen and oxygen atoms in total. The van der Waals surface area contributed by atoms with Crippen LogP contribution in [-0.2, 0) is 10.3 Å². The first-order valence-corrected chi connectivity index (χ1v) is 10.4. The molecule has 0 bridgehead atoms. The molecule has 1 atom stereocenters. The first-order chi connectivity index (χ1) is 13.2. The number of methoxy groups -OCH3 is 1. The number of aryl methyl sites for hydroxylation is 3. The maximum absolute atomic E-state index is 11.2. The van der Waals surface area contributed by atoms with E-state index in [9.17, 15) is 4.91 Å². The first kappa shape index (κ1) is 20.6. The van der Waals surface area contributed by atoms with Gasteiger partial charge < -0.3 is 9.30 Å². The Labute approximate surface area is 169 Å². The van der Waals surface area contributed by atoms with Gasteiger partial charge in [0.15, 0.2) is 5.65 Å². The molecule has 0 spiro atoms. The number of hydrogen-bond acceptors (Lipinski definition) is 6. The third-order valence-electron chi connectivity index (χ3n) is 5.19. The van der Waals surface area contributed by atoms with Crippen molar-refractivity contribution in [3.8, 4) is 10.6 Å². The average molecular weight is 401 g/mol. The second-order valence-corrected chi connectivity index (χ2v) is 8.89. The summed E-state index contributed by atoms with van der Waals surface area (Å²) in [5.74, 6) is 0. The van der Waals surface area contributed by atoms with E-state index in [1.807, 2.05) is 33.8 Å². The zero-order valence-electron chi connectivity index (χ0n) is 17.7. The molecule has 3 aromatic heterocycles. The topological polar surface area (TPSA) is 69.4 Å². The van der Waals surface area contributed by atoms with Crippen LogP contribution in [0.5, 0.6) is 0 Å². The van der Waals surface area contributed by atoms with Gasteiger partial charge in [-0.1, -0.05) is 12.1 Å². The predicted octanol–water partition coefficient (Wildman–Crippen LogP) is 5.68. The molecule has 7 heteroatoms. The van der Waals surface area contributed by atoms with E-state index in [-0.39, 0.29) is 6.04 Å². The van der Waals surface area contributed by atoms with E-state index in [0.29, 0.717) is 6.61 Å². The molecule has 0 amide bonds. The highest BCUT2D eigenvalue weighted by Crippen LogP contribution is 2.39. The van der Waals surface area contributed by atoms with Crippen molar-refractivity contribution in [2.45, 2.75) is 59.5 Å². The molecule has 0 fully saturated rings. The molecule has 0 unspecified atom stereocenters. The van der Waals surface area contributed by atoms with Crippen molar-refractivity contribution in [3.63, 3.8) is 0 Å². The third kappa shape index (κ3) is 3.49. The minimum atomic E-state index is -0.743. The molecule has 3 rings (SSSR count). The molecular formula is C21H28N4O2S. The van der Waals surface area contributed by atoms with Crippen LogP contribution in [0.2, 0.25) is 0 Å². The van der Waals surface area contributed by atoms with E-state index in [2.05, 4.69) is 29.8 Å². The van der Waals surface area contributed by atoms with Gasteiger partial charge in [-0.05, 0) is 58.2 Å². The zero-order valence-corrected chi connectivity index (χ0v) is 18.5. The Morgan fingerprint density at radius 1 is 1.25 bits per heavy atom. The summed E-state index contributed by atoms with van der Waals surface area (Å²) in [5, 5.41) is 3.28. The fourth-order valence-electron chi connectivity index (χ4n) is 3.43. The number of fused-ring (bicyclic) bond motifs is 1. The van der Waals surface area contributed by atoms with Crippen LogP contribution in [0.3, 0.4) is 0 Å². The Bertz CT molecular complexity index is 1020. The van der Waals surface area contributed by atoms with Crippen molar-refractivity contribution in [1.82, 2.24) is 14.5 Å². The van der Waals surface area contributed by atoms with Crippen molar-refractivity contribution in [1.29, 1.82) is 0 Å². The summed E-state index contributed by atoms with van der Waals surface area (Å²) >= 11 is 1.58. The van der Waals surface area contributed by atoms with Gasteiger partial charge in [-0.25, -0.2) is 9.97 Å². The number of hydrogen-bond donors (Lipinski definition) is 0. The Kier molecular flexibility index (Phi) is 5.68. The smallest absolute Gasteiger partial charge is 0.159 e. The highest BCUT2D eigenvalue weighted by molar-refractivity contribution is 7.15. The Hall–Kier alpha value is -2.12. The largest absolute Gasteiger partial charge is 0.383 e. The van der Waals surface area contributed by atoms with Gasteiger partial charge in [-0.15, -0.1) is 16.2 Å². The van der Waals surface area contributed by atoms with Crippen LogP contribution < -0.4 is 0 Å². The Morgan fingerprint density at radius 2 is 1.96 bits per heavy atom. The monoisotopic (exact) mass is 400 g/mol. The zero-order chi connectivity index (χ0) is 20.6. The minimum Gasteiger partial charge on any atom is -0.383 e. The van der Waals surface area contributed by atoms with Crippen LogP contribution in [0.15, 0.2) is 17.4 Å². The van der Waals surface area contributed by atoms with E-state index in [1.54, 1.807) is 18.4 Å². The quantitative estimate of drug-likeness (QED) is 0.478. The van der Waals surface area contributed by atoms with Crippen LogP contribution in [0.4, 0.5) is 0 Å². The Balaban J connectivity index is 2.16. The minimum absolute atomic E-state index is 0.232. The lowest BCUT2D eigenvalue weighted by Crippen LogP contribution is -2.13. The summed E-state index contributed by atoms with van der Waals surface area (Å²) in [6, 6.07) is 2.27. The fourth-order valence-corrected chi connectivity index (χ4v) is 4.68. The summed E-state index contributed by atoms with van der Waals surface area (Å²) in [5.41, 5.74) is 5.02. The van der Waals surface area contributed by atoms with Gasteiger partial charge in [-0.3, -0.25) is 0 Å². The predicted molar refractivity (Wildman–Crippen MR) is 115 cm³/mol. The lowest BCUT2D eigenvalue weighted by Gasteiger charge is -2.17. The molecule has 150 valence electrons. The molecule has 0 aliphatic rings. The molecule has 28 heavy (non-hydrogen) atoms. The van der Waals surface area contributed by atoms with Gasteiger partial charge in [0.1, 0.15) is 16.7 Å². The summed E-state index contributed by atoms with van der Waals surface area (Å²) in [4.78, 5) is 23.2. The first-order valence-electron chi connectivity index (χ1n) is 9.54. The molecule has 3 aromatic rings.